The Morgan fingerprint density at radius 3 is 2.53 bits per heavy atom. The number of carbonyl (C=O) groups is 3. The quantitative estimate of drug-likeness (QED) is 0.710. The Hall–Kier alpha value is -2.04. The molecule has 0 saturated heterocycles. The topological polar surface area (TPSA) is 67.3 Å². The molecule has 5 heteroatoms. The molecule has 5 nitrogen and oxygen atoms in total. The Labute approximate surface area is 98.4 Å². The first-order chi connectivity index (χ1) is 7.93. The van der Waals surface area contributed by atoms with Gasteiger partial charge in [0.2, 0.25) is 0 Å². The van der Waals surface area contributed by atoms with Crippen molar-refractivity contribution in [2.24, 2.45) is 0 Å². The van der Waals surface area contributed by atoms with E-state index in [9.17, 15) is 14.4 Å². The maximum atomic E-state index is 12.0. The first kappa shape index (κ1) is 11.4. The van der Waals surface area contributed by atoms with Crippen molar-refractivity contribution < 1.29 is 14.4 Å². The average molecular weight is 232 g/mol. The first-order valence-electron chi connectivity index (χ1n) is 5.25. The first-order valence-corrected chi connectivity index (χ1v) is 5.25. The molecule has 2 amide bonds. The summed E-state index contributed by atoms with van der Waals surface area (Å²) in [6, 6.07) is 0. The molecule has 17 heavy (non-hydrogen) atoms. The fourth-order valence-corrected chi connectivity index (χ4v) is 1.84. The molecule has 0 unspecified atom stereocenters. The third-order valence-corrected chi connectivity index (χ3v) is 2.88. The Bertz CT molecular complexity index is 549. The van der Waals surface area contributed by atoms with E-state index in [0.29, 0.717) is 5.56 Å². The van der Waals surface area contributed by atoms with Crippen molar-refractivity contribution in [3.8, 4) is 0 Å². The molecular weight excluding hydrogens is 220 g/mol. The molecule has 0 aliphatic carbocycles. The van der Waals surface area contributed by atoms with E-state index in [1.807, 2.05) is 6.92 Å². The number of imide groups is 1. The lowest BCUT2D eigenvalue weighted by Gasteiger charge is -2.10. The lowest BCUT2D eigenvalue weighted by Crippen LogP contribution is -2.34. The zero-order valence-corrected chi connectivity index (χ0v) is 9.90. The Morgan fingerprint density at radius 2 is 1.94 bits per heavy atom. The number of fused-ring (bicyclic) bond motifs is 1. The summed E-state index contributed by atoms with van der Waals surface area (Å²) < 4.78 is 0. The van der Waals surface area contributed by atoms with E-state index in [2.05, 4.69) is 4.98 Å². The van der Waals surface area contributed by atoms with Crippen LogP contribution in [0.5, 0.6) is 0 Å². The largest absolute Gasteiger partial charge is 0.298 e. The number of rotatable bonds is 2. The molecule has 0 atom stereocenters. The van der Waals surface area contributed by atoms with Gasteiger partial charge < -0.3 is 0 Å². The van der Waals surface area contributed by atoms with Crippen molar-refractivity contribution in [3.05, 3.63) is 28.6 Å². The monoisotopic (exact) mass is 232 g/mol. The van der Waals surface area contributed by atoms with Crippen molar-refractivity contribution in [2.45, 2.75) is 20.8 Å². The number of aromatic nitrogens is 1. The van der Waals surface area contributed by atoms with Crippen LogP contribution in [0.2, 0.25) is 0 Å². The minimum atomic E-state index is -0.483. The molecule has 2 heterocycles. The second-order valence-corrected chi connectivity index (χ2v) is 4.19. The minimum absolute atomic E-state index is 0.152. The summed E-state index contributed by atoms with van der Waals surface area (Å²) in [7, 11) is 0. The van der Waals surface area contributed by atoms with Gasteiger partial charge in [0.05, 0.1) is 12.1 Å². The van der Waals surface area contributed by atoms with Crippen molar-refractivity contribution in [2.75, 3.05) is 6.54 Å². The van der Waals surface area contributed by atoms with Gasteiger partial charge in [-0.2, -0.15) is 0 Å². The highest BCUT2D eigenvalue weighted by atomic mass is 16.2. The molecule has 0 aromatic carbocycles. The van der Waals surface area contributed by atoms with E-state index < -0.39 is 11.8 Å². The lowest BCUT2D eigenvalue weighted by molar-refractivity contribution is -0.117. The normalized spacial score (nSPS) is 14.2. The van der Waals surface area contributed by atoms with Crippen molar-refractivity contribution in [1.29, 1.82) is 0 Å². The lowest BCUT2D eigenvalue weighted by atomic mass is 10.1. The fraction of sp³-hybridized carbons (Fsp3) is 0.333. The summed E-state index contributed by atoms with van der Waals surface area (Å²) >= 11 is 0. The number of pyridine rings is 1. The molecule has 1 aromatic heterocycles. The van der Waals surface area contributed by atoms with E-state index in [4.69, 9.17) is 0 Å². The predicted octanol–water partition coefficient (Wildman–Crippen LogP) is 0.883. The molecule has 0 N–H and O–H groups in total. The number of amides is 2. The molecule has 1 aromatic rings. The smallest absolute Gasteiger partial charge is 0.280 e. The van der Waals surface area contributed by atoms with Crippen LogP contribution in [0.25, 0.3) is 0 Å². The van der Waals surface area contributed by atoms with Crippen LogP contribution in [0.15, 0.2) is 6.20 Å². The molecule has 0 bridgehead atoms. The zero-order valence-electron chi connectivity index (χ0n) is 9.90. The maximum absolute atomic E-state index is 12.0. The minimum Gasteiger partial charge on any atom is -0.298 e. The van der Waals surface area contributed by atoms with E-state index >= 15 is 0 Å². The molecule has 0 fully saturated rings. The number of carbonyl (C=O) groups excluding carboxylic acids is 3. The fourth-order valence-electron chi connectivity index (χ4n) is 1.84. The number of Topliss-reactive ketones (excluding diaryl/α,β-unsaturated/α-hetero) is 1. The number of hydrogen-bond acceptors (Lipinski definition) is 4. The number of hydrogen-bond donors (Lipinski definition) is 0. The second-order valence-electron chi connectivity index (χ2n) is 4.19. The van der Waals surface area contributed by atoms with Crippen LogP contribution in [0.4, 0.5) is 0 Å². The van der Waals surface area contributed by atoms with E-state index in [0.717, 1.165) is 16.0 Å². The molecule has 0 saturated carbocycles. The van der Waals surface area contributed by atoms with E-state index in [-0.39, 0.29) is 18.0 Å². The van der Waals surface area contributed by atoms with Gasteiger partial charge in [0.25, 0.3) is 11.8 Å². The van der Waals surface area contributed by atoms with Gasteiger partial charge >= 0.3 is 0 Å². The molecule has 88 valence electrons. The Morgan fingerprint density at radius 1 is 1.29 bits per heavy atom. The predicted molar refractivity (Wildman–Crippen MR) is 59.8 cm³/mol. The molecule has 2 rings (SSSR count). The highest BCUT2D eigenvalue weighted by molar-refractivity contribution is 6.22. The molecule has 0 spiro atoms. The summed E-state index contributed by atoms with van der Waals surface area (Å²) in [5.74, 6) is -1.13. The summed E-state index contributed by atoms with van der Waals surface area (Å²) in [5, 5.41) is 0. The molecule has 0 radical (unpaired) electrons. The summed E-state index contributed by atoms with van der Waals surface area (Å²) in [6.45, 7) is 4.76. The van der Waals surface area contributed by atoms with Crippen LogP contribution in [0.1, 0.15) is 38.9 Å². The SMILES string of the molecule is CC(=O)CN1C(=O)c2ncc(C)c(C)c2C1=O. The third kappa shape index (κ3) is 1.63. The van der Waals surface area contributed by atoms with Crippen molar-refractivity contribution in [1.82, 2.24) is 9.88 Å². The van der Waals surface area contributed by atoms with Crippen LogP contribution in [0.3, 0.4) is 0 Å². The van der Waals surface area contributed by atoms with Crippen LogP contribution < -0.4 is 0 Å². The second kappa shape index (κ2) is 3.76. The van der Waals surface area contributed by atoms with Gasteiger partial charge in [0.1, 0.15) is 11.5 Å². The van der Waals surface area contributed by atoms with Gasteiger partial charge in [-0.25, -0.2) is 4.98 Å². The molecular formula is C12H12N2O3. The van der Waals surface area contributed by atoms with Gasteiger partial charge in [-0.1, -0.05) is 0 Å². The van der Waals surface area contributed by atoms with Gasteiger partial charge in [0, 0.05) is 6.20 Å². The number of aryl methyl sites for hydroxylation is 1. The third-order valence-electron chi connectivity index (χ3n) is 2.88. The number of ketones is 1. The van der Waals surface area contributed by atoms with Crippen LogP contribution in [-0.2, 0) is 4.79 Å². The van der Waals surface area contributed by atoms with Crippen LogP contribution in [-0.4, -0.2) is 34.0 Å². The van der Waals surface area contributed by atoms with E-state index in [1.165, 1.54) is 6.92 Å². The van der Waals surface area contributed by atoms with Gasteiger partial charge in [-0.3, -0.25) is 19.3 Å². The highest BCUT2D eigenvalue weighted by Crippen LogP contribution is 2.25. The van der Waals surface area contributed by atoms with Crippen molar-refractivity contribution >= 4 is 17.6 Å². The highest BCUT2D eigenvalue weighted by Gasteiger charge is 2.38. The summed E-state index contributed by atoms with van der Waals surface area (Å²) in [5.41, 5.74) is 2.09. The van der Waals surface area contributed by atoms with Gasteiger partial charge in [-0.05, 0) is 31.9 Å². The molecule has 1 aliphatic heterocycles. The van der Waals surface area contributed by atoms with E-state index in [1.54, 1.807) is 13.1 Å². The Balaban J connectivity index is 2.53. The van der Waals surface area contributed by atoms with Gasteiger partial charge in [0.15, 0.2) is 0 Å². The summed E-state index contributed by atoms with van der Waals surface area (Å²) in [4.78, 5) is 39.9. The Kier molecular flexibility index (Phi) is 2.53. The van der Waals surface area contributed by atoms with Crippen molar-refractivity contribution in [3.63, 3.8) is 0 Å². The average Bonchev–Trinajstić information content (AvgIpc) is 2.48. The summed E-state index contributed by atoms with van der Waals surface area (Å²) in [6.07, 6.45) is 1.57. The van der Waals surface area contributed by atoms with Gasteiger partial charge in [-0.15, -0.1) is 0 Å². The zero-order chi connectivity index (χ0) is 12.7. The van der Waals surface area contributed by atoms with Crippen LogP contribution in [0, 0.1) is 13.8 Å². The molecule has 1 aliphatic rings. The maximum Gasteiger partial charge on any atom is 0.280 e. The standard InChI is InChI=1S/C12H12N2O3/c1-6-4-13-10-9(8(6)3)11(16)14(12(10)17)5-7(2)15/h4H,5H2,1-3H3. The number of nitrogens with zero attached hydrogens (tertiary/aromatic N) is 2. The van der Waals surface area contributed by atoms with Crippen LogP contribution >= 0.6 is 0 Å².